The van der Waals surface area contributed by atoms with Crippen molar-refractivity contribution in [2.45, 2.75) is 27.2 Å². The van der Waals surface area contributed by atoms with Gasteiger partial charge >= 0.3 is 0 Å². The second-order valence-corrected chi connectivity index (χ2v) is 6.36. The molecule has 0 aromatic heterocycles. The maximum absolute atomic E-state index is 11.8. The third kappa shape index (κ3) is 7.35. The molecule has 0 fully saturated rings. The van der Waals surface area contributed by atoms with Crippen molar-refractivity contribution in [2.24, 2.45) is 5.92 Å². The Morgan fingerprint density at radius 1 is 1.23 bits per heavy atom. The molecule has 0 saturated carbocycles. The van der Waals surface area contributed by atoms with Crippen LogP contribution in [0.3, 0.4) is 0 Å². The van der Waals surface area contributed by atoms with Crippen LogP contribution in [0.1, 0.15) is 32.8 Å². The van der Waals surface area contributed by atoms with Crippen LogP contribution in [0.15, 0.2) is 18.2 Å². The Labute approximate surface area is 159 Å². The molecule has 0 aliphatic heterocycles. The van der Waals surface area contributed by atoms with E-state index in [1.807, 2.05) is 20.8 Å². The van der Waals surface area contributed by atoms with Crippen molar-refractivity contribution < 1.29 is 19.1 Å². The Balaban J connectivity index is 2.60. The quantitative estimate of drug-likeness (QED) is 0.481. The van der Waals surface area contributed by atoms with Crippen LogP contribution >= 0.6 is 11.6 Å². The van der Waals surface area contributed by atoms with Crippen LogP contribution in [0.25, 0.3) is 6.08 Å². The highest BCUT2D eigenvalue weighted by molar-refractivity contribution is 6.32. The third-order valence-corrected chi connectivity index (χ3v) is 3.66. The van der Waals surface area contributed by atoms with Crippen molar-refractivity contribution in [2.75, 3.05) is 26.8 Å². The first kappa shape index (κ1) is 21.8. The van der Waals surface area contributed by atoms with Gasteiger partial charge in [0.2, 0.25) is 11.8 Å². The van der Waals surface area contributed by atoms with E-state index in [1.54, 1.807) is 18.2 Å². The van der Waals surface area contributed by atoms with E-state index < -0.39 is 0 Å². The number of carbonyl (C=O) groups excluding carboxylic acids is 2. The second-order valence-electron chi connectivity index (χ2n) is 5.95. The van der Waals surface area contributed by atoms with E-state index in [4.69, 9.17) is 21.1 Å². The summed E-state index contributed by atoms with van der Waals surface area (Å²) < 4.78 is 10.9. The first-order valence-corrected chi connectivity index (χ1v) is 9.00. The number of amides is 2. The lowest BCUT2D eigenvalue weighted by atomic mass is 10.2. The van der Waals surface area contributed by atoms with Gasteiger partial charge in [-0.1, -0.05) is 32.4 Å². The normalized spacial score (nSPS) is 10.8. The lowest BCUT2D eigenvalue weighted by Gasteiger charge is -2.12. The molecular formula is C19H27ClN2O4. The van der Waals surface area contributed by atoms with E-state index in [2.05, 4.69) is 10.6 Å². The molecule has 26 heavy (non-hydrogen) atoms. The molecule has 0 heterocycles. The van der Waals surface area contributed by atoms with E-state index in [1.165, 1.54) is 13.2 Å². The molecule has 0 saturated heterocycles. The summed E-state index contributed by atoms with van der Waals surface area (Å²) in [6, 6.07) is 3.46. The molecule has 2 N–H and O–H groups in total. The van der Waals surface area contributed by atoms with Gasteiger partial charge in [0.1, 0.15) is 0 Å². The molecular weight excluding hydrogens is 356 g/mol. The van der Waals surface area contributed by atoms with Crippen LogP contribution in [0.4, 0.5) is 0 Å². The minimum Gasteiger partial charge on any atom is -0.493 e. The number of carbonyl (C=O) groups is 2. The number of methoxy groups -OCH3 is 1. The van der Waals surface area contributed by atoms with E-state index in [9.17, 15) is 9.59 Å². The Kier molecular flexibility index (Phi) is 9.58. The van der Waals surface area contributed by atoms with Gasteiger partial charge in [0.25, 0.3) is 0 Å². The van der Waals surface area contributed by atoms with Gasteiger partial charge in [-0.2, -0.15) is 0 Å². The highest BCUT2D eigenvalue weighted by Gasteiger charge is 2.11. The van der Waals surface area contributed by atoms with Gasteiger partial charge in [0.05, 0.1) is 18.7 Å². The molecule has 0 bridgehead atoms. The molecule has 0 aliphatic carbocycles. The smallest absolute Gasteiger partial charge is 0.244 e. The standard InChI is InChI=1S/C19H27ClN2O4/c1-5-10-26-18-15(20)11-14(12-16(18)25-4)6-7-17(23)21-8-9-22-19(24)13(2)3/h6-7,11-13H,5,8-10H2,1-4H3,(H,21,23)(H,22,24)/b7-6+. The number of hydrogen-bond acceptors (Lipinski definition) is 4. The van der Waals surface area contributed by atoms with Crippen LogP contribution in [0.2, 0.25) is 5.02 Å². The van der Waals surface area contributed by atoms with Crippen molar-refractivity contribution >= 4 is 29.5 Å². The van der Waals surface area contributed by atoms with Gasteiger partial charge in [0.15, 0.2) is 11.5 Å². The number of hydrogen-bond donors (Lipinski definition) is 2. The van der Waals surface area contributed by atoms with Crippen molar-refractivity contribution in [3.63, 3.8) is 0 Å². The Morgan fingerprint density at radius 3 is 2.54 bits per heavy atom. The SMILES string of the molecule is CCCOc1c(Cl)cc(/C=C/C(=O)NCCNC(=O)C(C)C)cc1OC. The van der Waals surface area contributed by atoms with Crippen LogP contribution in [-0.2, 0) is 9.59 Å². The van der Waals surface area contributed by atoms with Gasteiger partial charge in [-0.3, -0.25) is 9.59 Å². The molecule has 1 rings (SSSR count). The molecule has 6 nitrogen and oxygen atoms in total. The number of rotatable bonds is 10. The molecule has 1 aromatic rings. The van der Waals surface area contributed by atoms with E-state index in [0.717, 1.165) is 12.0 Å². The van der Waals surface area contributed by atoms with Gasteiger partial charge in [-0.05, 0) is 30.2 Å². The lowest BCUT2D eigenvalue weighted by molar-refractivity contribution is -0.124. The number of halogens is 1. The molecule has 144 valence electrons. The second kappa shape index (κ2) is 11.4. The summed E-state index contributed by atoms with van der Waals surface area (Å²) in [5, 5.41) is 5.86. The Morgan fingerprint density at radius 2 is 1.92 bits per heavy atom. The fraction of sp³-hybridized carbons (Fsp3) is 0.474. The van der Waals surface area contributed by atoms with Crippen LogP contribution in [-0.4, -0.2) is 38.6 Å². The minimum atomic E-state index is -0.259. The predicted molar refractivity (Wildman–Crippen MR) is 104 cm³/mol. The predicted octanol–water partition coefficient (Wildman–Crippen LogP) is 3.04. The van der Waals surface area contributed by atoms with Gasteiger partial charge in [-0.25, -0.2) is 0 Å². The highest BCUT2D eigenvalue weighted by Crippen LogP contribution is 2.36. The molecule has 1 aromatic carbocycles. The zero-order chi connectivity index (χ0) is 19.5. The van der Waals surface area contributed by atoms with Crippen molar-refractivity contribution in [1.82, 2.24) is 10.6 Å². The zero-order valence-corrected chi connectivity index (χ0v) is 16.5. The first-order valence-electron chi connectivity index (χ1n) is 8.63. The summed E-state index contributed by atoms with van der Waals surface area (Å²) in [6.07, 6.45) is 3.90. The molecule has 2 amide bonds. The number of ether oxygens (including phenoxy) is 2. The first-order chi connectivity index (χ1) is 12.4. The maximum atomic E-state index is 11.8. The third-order valence-electron chi connectivity index (χ3n) is 3.38. The summed E-state index contributed by atoms with van der Waals surface area (Å²) >= 11 is 6.24. The molecule has 0 radical (unpaired) electrons. The average molecular weight is 383 g/mol. The summed E-state index contributed by atoms with van der Waals surface area (Å²) in [4.78, 5) is 23.3. The molecule has 0 unspecified atom stereocenters. The summed E-state index contributed by atoms with van der Waals surface area (Å²) in [7, 11) is 1.54. The summed E-state index contributed by atoms with van der Waals surface area (Å²) in [5.74, 6) is 0.641. The topological polar surface area (TPSA) is 76.7 Å². The van der Waals surface area contributed by atoms with Crippen LogP contribution < -0.4 is 20.1 Å². The Bertz CT molecular complexity index is 645. The van der Waals surface area contributed by atoms with Crippen molar-refractivity contribution in [3.05, 3.63) is 28.8 Å². The Hall–Kier alpha value is -2.21. The molecule has 7 heteroatoms. The van der Waals surface area contributed by atoms with Crippen LogP contribution in [0, 0.1) is 5.92 Å². The zero-order valence-electron chi connectivity index (χ0n) is 15.7. The van der Waals surface area contributed by atoms with Gasteiger partial charge < -0.3 is 20.1 Å². The van der Waals surface area contributed by atoms with Crippen LogP contribution in [0.5, 0.6) is 11.5 Å². The fourth-order valence-corrected chi connectivity index (χ4v) is 2.26. The fourth-order valence-electron chi connectivity index (χ4n) is 1.99. The number of benzene rings is 1. The summed E-state index contributed by atoms with van der Waals surface area (Å²) in [5.41, 5.74) is 0.721. The monoisotopic (exact) mass is 382 g/mol. The van der Waals surface area contributed by atoms with Gasteiger partial charge in [-0.15, -0.1) is 0 Å². The average Bonchev–Trinajstić information content (AvgIpc) is 2.61. The molecule has 0 spiro atoms. The number of nitrogens with one attached hydrogen (secondary N) is 2. The van der Waals surface area contributed by atoms with E-state index in [0.29, 0.717) is 36.2 Å². The molecule has 0 aliphatic rings. The largest absolute Gasteiger partial charge is 0.493 e. The lowest BCUT2D eigenvalue weighted by Crippen LogP contribution is -2.35. The minimum absolute atomic E-state index is 0.0399. The maximum Gasteiger partial charge on any atom is 0.244 e. The van der Waals surface area contributed by atoms with Gasteiger partial charge in [0, 0.05) is 25.1 Å². The highest BCUT2D eigenvalue weighted by atomic mass is 35.5. The van der Waals surface area contributed by atoms with Crippen molar-refractivity contribution in [1.29, 1.82) is 0 Å². The van der Waals surface area contributed by atoms with E-state index >= 15 is 0 Å². The van der Waals surface area contributed by atoms with E-state index in [-0.39, 0.29) is 17.7 Å². The molecule has 0 atom stereocenters. The summed E-state index contributed by atoms with van der Waals surface area (Å²) in [6.45, 7) is 6.92. The van der Waals surface area contributed by atoms with Crippen molar-refractivity contribution in [3.8, 4) is 11.5 Å².